The van der Waals surface area contributed by atoms with Gasteiger partial charge in [-0.25, -0.2) is 4.79 Å². The zero-order valence-electron chi connectivity index (χ0n) is 14.5. The summed E-state index contributed by atoms with van der Waals surface area (Å²) in [7, 11) is 1.29. The molecule has 0 saturated carbocycles. The van der Waals surface area contributed by atoms with E-state index in [1.165, 1.54) is 19.3 Å². The van der Waals surface area contributed by atoms with E-state index < -0.39 is 10.9 Å². The fourth-order valence-electron chi connectivity index (χ4n) is 2.23. The molecule has 0 saturated heterocycles. The Hall–Kier alpha value is -3.35. The lowest BCUT2D eigenvalue weighted by molar-refractivity contribution is -0.384. The third kappa shape index (κ3) is 5.34. The number of ether oxygens (including phenoxy) is 2. The summed E-state index contributed by atoms with van der Waals surface area (Å²) in [5.74, 6) is 0.613. The standard InChI is InChI=1S/C19H20N2O5/c1-3-14(9-12-19(22)25-2)20-17-13-16(10-11-18(17)21(23)24)26-15-7-5-4-6-8-15/h4-14,20H,3H2,1-2H3. The Balaban J connectivity index is 2.25. The van der Waals surface area contributed by atoms with Crippen LogP contribution in [-0.4, -0.2) is 24.0 Å². The molecular weight excluding hydrogens is 336 g/mol. The summed E-state index contributed by atoms with van der Waals surface area (Å²) in [5, 5.41) is 14.4. The maximum Gasteiger partial charge on any atom is 0.330 e. The second-order valence-corrected chi connectivity index (χ2v) is 5.39. The summed E-state index contributed by atoms with van der Waals surface area (Å²) < 4.78 is 10.3. The first-order chi connectivity index (χ1) is 12.5. The van der Waals surface area contributed by atoms with Crippen molar-refractivity contribution in [2.24, 2.45) is 0 Å². The zero-order valence-corrected chi connectivity index (χ0v) is 14.5. The van der Waals surface area contributed by atoms with Gasteiger partial charge in [0, 0.05) is 24.3 Å². The highest BCUT2D eigenvalue weighted by Gasteiger charge is 2.17. The van der Waals surface area contributed by atoms with Crippen molar-refractivity contribution in [2.75, 3.05) is 12.4 Å². The number of carbonyl (C=O) groups excluding carboxylic acids is 1. The van der Waals surface area contributed by atoms with E-state index in [2.05, 4.69) is 10.1 Å². The van der Waals surface area contributed by atoms with Gasteiger partial charge in [0.05, 0.1) is 12.0 Å². The van der Waals surface area contributed by atoms with E-state index in [1.807, 2.05) is 25.1 Å². The van der Waals surface area contributed by atoms with E-state index in [4.69, 9.17) is 4.74 Å². The number of para-hydroxylation sites is 1. The number of nitrogens with zero attached hydrogens (tertiary/aromatic N) is 1. The average molecular weight is 356 g/mol. The molecule has 2 aromatic rings. The molecule has 0 amide bonds. The molecule has 7 nitrogen and oxygen atoms in total. The first kappa shape index (κ1) is 19.0. The Kier molecular flexibility index (Phi) is 6.73. The van der Waals surface area contributed by atoms with Gasteiger partial charge in [-0.3, -0.25) is 10.1 Å². The summed E-state index contributed by atoms with van der Waals surface area (Å²) >= 11 is 0. The smallest absolute Gasteiger partial charge is 0.330 e. The molecule has 0 radical (unpaired) electrons. The molecule has 2 rings (SSSR count). The van der Waals surface area contributed by atoms with Crippen molar-refractivity contribution in [1.29, 1.82) is 0 Å². The van der Waals surface area contributed by atoms with Gasteiger partial charge in [-0.05, 0) is 24.6 Å². The molecule has 1 N–H and O–H groups in total. The Labute approximate surface area is 151 Å². The molecule has 0 heterocycles. The summed E-state index contributed by atoms with van der Waals surface area (Å²) in [4.78, 5) is 22.1. The van der Waals surface area contributed by atoms with Crippen LogP contribution in [0.25, 0.3) is 0 Å². The number of benzene rings is 2. The van der Waals surface area contributed by atoms with Crippen molar-refractivity contribution in [1.82, 2.24) is 0 Å². The van der Waals surface area contributed by atoms with Gasteiger partial charge >= 0.3 is 5.97 Å². The average Bonchev–Trinajstić information content (AvgIpc) is 2.65. The molecule has 26 heavy (non-hydrogen) atoms. The van der Waals surface area contributed by atoms with Crippen LogP contribution in [0.4, 0.5) is 11.4 Å². The molecule has 0 spiro atoms. The second-order valence-electron chi connectivity index (χ2n) is 5.39. The number of rotatable bonds is 8. The van der Waals surface area contributed by atoms with E-state index >= 15 is 0 Å². The van der Waals surface area contributed by atoms with Crippen molar-refractivity contribution in [3.05, 3.63) is 70.8 Å². The molecule has 1 unspecified atom stereocenters. The van der Waals surface area contributed by atoms with Crippen LogP contribution >= 0.6 is 0 Å². The molecule has 7 heteroatoms. The van der Waals surface area contributed by atoms with Crippen molar-refractivity contribution in [3.63, 3.8) is 0 Å². The number of hydrogen-bond acceptors (Lipinski definition) is 6. The quantitative estimate of drug-likeness (QED) is 0.328. The Bertz CT molecular complexity index is 790. The van der Waals surface area contributed by atoms with Gasteiger partial charge in [0.25, 0.3) is 5.69 Å². The van der Waals surface area contributed by atoms with Crippen LogP contribution in [-0.2, 0) is 9.53 Å². The lowest BCUT2D eigenvalue weighted by Gasteiger charge is -2.15. The normalized spacial score (nSPS) is 11.8. The molecule has 2 aromatic carbocycles. The van der Waals surface area contributed by atoms with E-state index in [-0.39, 0.29) is 11.7 Å². The van der Waals surface area contributed by atoms with Crippen molar-refractivity contribution >= 4 is 17.3 Å². The van der Waals surface area contributed by atoms with Gasteiger partial charge in [-0.2, -0.15) is 0 Å². The molecule has 136 valence electrons. The summed E-state index contributed by atoms with van der Waals surface area (Å²) in [6.45, 7) is 1.90. The van der Waals surface area contributed by atoms with Gasteiger partial charge in [-0.1, -0.05) is 31.2 Å². The number of nitro groups is 1. The lowest BCUT2D eigenvalue weighted by Crippen LogP contribution is -2.17. The van der Waals surface area contributed by atoms with E-state index in [0.717, 1.165) is 0 Å². The maximum atomic E-state index is 11.3. The maximum absolute atomic E-state index is 11.3. The van der Waals surface area contributed by atoms with Crippen LogP contribution in [0.1, 0.15) is 13.3 Å². The van der Waals surface area contributed by atoms with Gasteiger partial charge in [0.1, 0.15) is 17.2 Å². The first-order valence-electron chi connectivity index (χ1n) is 8.07. The highest BCUT2D eigenvalue weighted by molar-refractivity contribution is 5.82. The fraction of sp³-hybridized carbons (Fsp3) is 0.211. The van der Waals surface area contributed by atoms with Crippen molar-refractivity contribution in [3.8, 4) is 11.5 Å². The third-order valence-corrected chi connectivity index (χ3v) is 3.59. The number of anilines is 1. The minimum absolute atomic E-state index is 0.0738. The van der Waals surface area contributed by atoms with Crippen LogP contribution in [0, 0.1) is 10.1 Å². The van der Waals surface area contributed by atoms with Crippen LogP contribution in [0.2, 0.25) is 0 Å². The predicted octanol–water partition coefficient (Wildman–Crippen LogP) is 4.31. The molecule has 0 aliphatic carbocycles. The summed E-state index contributed by atoms with van der Waals surface area (Å²) in [6, 6.07) is 13.4. The number of hydrogen-bond donors (Lipinski definition) is 1. The second kappa shape index (κ2) is 9.22. The number of carbonyl (C=O) groups is 1. The SMILES string of the molecule is CCC(C=CC(=O)OC)Nc1cc(Oc2ccccc2)ccc1[N+](=O)[O-]. The third-order valence-electron chi connectivity index (χ3n) is 3.59. The largest absolute Gasteiger partial charge is 0.466 e. The molecular formula is C19H20N2O5. The molecule has 0 aliphatic rings. The van der Waals surface area contributed by atoms with Crippen LogP contribution < -0.4 is 10.1 Å². The minimum atomic E-state index is -0.485. The Morgan fingerprint density at radius 1 is 1.23 bits per heavy atom. The van der Waals surface area contributed by atoms with Crippen molar-refractivity contribution in [2.45, 2.75) is 19.4 Å². The van der Waals surface area contributed by atoms with E-state index in [0.29, 0.717) is 23.6 Å². The Morgan fingerprint density at radius 3 is 2.58 bits per heavy atom. The van der Waals surface area contributed by atoms with Crippen molar-refractivity contribution < 1.29 is 19.2 Å². The highest BCUT2D eigenvalue weighted by atomic mass is 16.6. The minimum Gasteiger partial charge on any atom is -0.466 e. The van der Waals surface area contributed by atoms with Gasteiger partial charge in [-0.15, -0.1) is 0 Å². The number of nitro benzene ring substituents is 1. The van der Waals surface area contributed by atoms with Gasteiger partial charge in [0.15, 0.2) is 0 Å². The Morgan fingerprint density at radius 2 is 1.96 bits per heavy atom. The van der Waals surface area contributed by atoms with E-state index in [9.17, 15) is 14.9 Å². The number of nitrogens with one attached hydrogen (secondary N) is 1. The number of methoxy groups -OCH3 is 1. The van der Waals surface area contributed by atoms with Crippen LogP contribution in [0.5, 0.6) is 11.5 Å². The molecule has 1 atom stereocenters. The molecule has 0 aliphatic heterocycles. The monoisotopic (exact) mass is 356 g/mol. The lowest BCUT2D eigenvalue weighted by atomic mass is 10.1. The molecule has 0 bridgehead atoms. The molecule has 0 fully saturated rings. The number of esters is 1. The topological polar surface area (TPSA) is 90.7 Å². The fourth-order valence-corrected chi connectivity index (χ4v) is 2.23. The van der Waals surface area contributed by atoms with Gasteiger partial charge < -0.3 is 14.8 Å². The summed E-state index contributed by atoms with van der Waals surface area (Å²) in [5.41, 5.74) is 0.236. The highest BCUT2D eigenvalue weighted by Crippen LogP contribution is 2.32. The van der Waals surface area contributed by atoms with E-state index in [1.54, 1.807) is 30.3 Å². The molecule has 0 aromatic heterocycles. The van der Waals surface area contributed by atoms with Gasteiger partial charge in [0.2, 0.25) is 0 Å². The summed E-state index contributed by atoms with van der Waals surface area (Å²) in [6.07, 6.45) is 3.52. The predicted molar refractivity (Wildman–Crippen MR) is 98.5 cm³/mol. The zero-order chi connectivity index (χ0) is 18.9. The first-order valence-corrected chi connectivity index (χ1v) is 8.07. The van der Waals surface area contributed by atoms with Crippen LogP contribution in [0.3, 0.4) is 0 Å². The van der Waals surface area contributed by atoms with Crippen LogP contribution in [0.15, 0.2) is 60.7 Å².